The van der Waals surface area contributed by atoms with Crippen molar-refractivity contribution in [2.45, 2.75) is 26.2 Å². The van der Waals surface area contributed by atoms with Crippen molar-refractivity contribution >= 4 is 23.9 Å². The van der Waals surface area contributed by atoms with E-state index in [-0.39, 0.29) is 169 Å². The van der Waals surface area contributed by atoms with E-state index >= 15 is 0 Å². The molecule has 1 saturated heterocycles. The number of rotatable bonds is 12. The van der Waals surface area contributed by atoms with E-state index in [2.05, 4.69) is 0 Å². The summed E-state index contributed by atoms with van der Waals surface area (Å²) in [7, 11) is 4.65. The zero-order chi connectivity index (χ0) is 46.8. The Morgan fingerprint density at radius 1 is 0.344 bits per heavy atom. The van der Waals surface area contributed by atoms with E-state index in [1.54, 1.807) is 0 Å². The summed E-state index contributed by atoms with van der Waals surface area (Å²) in [6.45, 7) is 1.68. The van der Waals surface area contributed by atoms with Crippen molar-refractivity contribution < 1.29 is 79.0 Å². The third-order valence-electron chi connectivity index (χ3n) is 11.0. The Hall–Kier alpha value is -7.00. The quantitative estimate of drug-likeness (QED) is 0.0750. The normalized spacial score (nSPS) is 14.8. The third kappa shape index (κ3) is 11.7. The van der Waals surface area contributed by atoms with Crippen molar-refractivity contribution in [3.05, 3.63) is 93.0 Å². The number of aromatic hydroxyl groups is 8. The fourth-order valence-electron chi connectivity index (χ4n) is 7.26. The van der Waals surface area contributed by atoms with Crippen LogP contribution in [0.15, 0.2) is 48.5 Å². The Morgan fingerprint density at radius 3 is 0.609 bits per heavy atom. The standard InChI is InChI=1S/C44H52N4O16/c1-61-41(57)25-13-33(49)29(34(50)14-25)21-45-5-7-46(22-30-35(51)15-26(16-36(30)52)42(58)62-2)9-11-48(24-32-39(55)19-28(20-40(32)56)44(60)64-4)12-10-47(8-6-45)23-31-37(53)17-27(18-38(31)54)43(59)63-3/h13-20,49-56H,5-12,21-24H2,1-4H3. The van der Waals surface area contributed by atoms with Crippen LogP contribution in [0.4, 0.5) is 0 Å². The van der Waals surface area contributed by atoms with Crippen molar-refractivity contribution in [1.29, 1.82) is 0 Å². The van der Waals surface area contributed by atoms with Gasteiger partial charge in [-0.25, -0.2) is 19.2 Å². The number of hydrogen-bond acceptors (Lipinski definition) is 20. The SMILES string of the molecule is COC(=O)c1cc(O)c(CN2CCN(Cc3c(O)cc(C(=O)OC)cc3O)CCN(Cc3c(O)cc(C(=O)OC)cc3O)CCN(Cc3c(O)cc(C(=O)OC)cc3O)CC2)c(O)c1. The van der Waals surface area contributed by atoms with Crippen LogP contribution < -0.4 is 0 Å². The van der Waals surface area contributed by atoms with Crippen LogP contribution >= 0.6 is 0 Å². The van der Waals surface area contributed by atoms with Gasteiger partial charge in [-0.2, -0.15) is 0 Å². The zero-order valence-electron chi connectivity index (χ0n) is 35.7. The topological polar surface area (TPSA) is 280 Å². The lowest BCUT2D eigenvalue weighted by atomic mass is 10.1. The fourth-order valence-corrected chi connectivity index (χ4v) is 7.26. The molecule has 0 atom stereocenters. The minimum atomic E-state index is -0.773. The van der Waals surface area contributed by atoms with Crippen LogP contribution in [0.3, 0.4) is 0 Å². The van der Waals surface area contributed by atoms with E-state index in [0.717, 1.165) is 28.4 Å². The van der Waals surface area contributed by atoms with Gasteiger partial charge in [0.05, 0.1) is 50.7 Å². The molecule has 344 valence electrons. The average molecular weight is 893 g/mol. The molecule has 1 heterocycles. The molecule has 0 saturated carbocycles. The molecule has 4 aromatic carbocycles. The molecule has 20 nitrogen and oxygen atoms in total. The predicted octanol–water partition coefficient (Wildman–Crippen LogP) is 2.80. The molecule has 0 bridgehead atoms. The van der Waals surface area contributed by atoms with Gasteiger partial charge in [0.25, 0.3) is 0 Å². The number of carbonyl (C=O) groups is 4. The Bertz CT molecular complexity index is 1940. The maximum atomic E-state index is 12.2. The summed E-state index contributed by atoms with van der Waals surface area (Å²) in [5, 5.41) is 88.1. The number of nitrogens with zero attached hydrogens (tertiary/aromatic N) is 4. The van der Waals surface area contributed by atoms with Gasteiger partial charge in [0, 0.05) is 101 Å². The second-order valence-electron chi connectivity index (χ2n) is 15.0. The molecule has 0 spiro atoms. The molecule has 0 unspecified atom stereocenters. The highest BCUT2D eigenvalue weighted by molar-refractivity contribution is 5.92. The van der Waals surface area contributed by atoms with E-state index in [1.807, 2.05) is 19.6 Å². The Balaban J connectivity index is 1.54. The first-order chi connectivity index (χ1) is 30.5. The number of benzene rings is 4. The second kappa shape index (κ2) is 21.4. The molecular weight excluding hydrogens is 840 g/mol. The number of phenols is 8. The van der Waals surface area contributed by atoms with E-state index in [4.69, 9.17) is 18.9 Å². The molecule has 20 heteroatoms. The largest absolute Gasteiger partial charge is 0.507 e. The lowest BCUT2D eigenvalue weighted by molar-refractivity contribution is 0.0591. The molecule has 8 N–H and O–H groups in total. The molecular formula is C44H52N4O16. The highest BCUT2D eigenvalue weighted by Gasteiger charge is 2.26. The van der Waals surface area contributed by atoms with E-state index in [1.165, 1.54) is 48.5 Å². The molecule has 1 fully saturated rings. The number of carbonyl (C=O) groups excluding carboxylic acids is 4. The van der Waals surface area contributed by atoms with Crippen LogP contribution in [0.25, 0.3) is 0 Å². The molecule has 4 aromatic rings. The summed E-state index contributed by atoms with van der Waals surface area (Å²) in [5.74, 6) is -6.07. The molecule has 64 heavy (non-hydrogen) atoms. The van der Waals surface area contributed by atoms with Gasteiger partial charge in [-0.15, -0.1) is 0 Å². The van der Waals surface area contributed by atoms with E-state index in [9.17, 15) is 60.0 Å². The average Bonchev–Trinajstić information content (AvgIpc) is 3.26. The first kappa shape index (κ1) is 48.0. The van der Waals surface area contributed by atoms with Crippen LogP contribution in [-0.4, -0.2) is 165 Å². The second-order valence-corrected chi connectivity index (χ2v) is 15.0. The summed E-state index contributed by atoms with van der Waals surface area (Å²) in [4.78, 5) is 56.4. The van der Waals surface area contributed by atoms with Gasteiger partial charge in [-0.3, -0.25) is 19.6 Å². The number of phenolic OH excluding ortho intramolecular Hbond substituents is 8. The van der Waals surface area contributed by atoms with E-state index in [0.29, 0.717) is 0 Å². The number of methoxy groups -OCH3 is 4. The summed E-state index contributed by atoms with van der Waals surface area (Å²) < 4.78 is 19.0. The summed E-state index contributed by atoms with van der Waals surface area (Å²) in [6.07, 6.45) is 0. The predicted molar refractivity (Wildman–Crippen MR) is 226 cm³/mol. The van der Waals surface area contributed by atoms with Gasteiger partial charge in [-0.05, 0) is 48.5 Å². The van der Waals surface area contributed by atoms with Gasteiger partial charge < -0.3 is 59.8 Å². The van der Waals surface area contributed by atoms with Crippen LogP contribution in [0.2, 0.25) is 0 Å². The highest BCUT2D eigenvalue weighted by Crippen LogP contribution is 2.35. The summed E-state index contributed by atoms with van der Waals surface area (Å²) >= 11 is 0. The first-order valence-corrected chi connectivity index (χ1v) is 19.9. The Labute approximate surface area is 367 Å². The van der Waals surface area contributed by atoms with Crippen molar-refractivity contribution in [2.75, 3.05) is 80.8 Å². The number of ether oxygens (including phenoxy) is 4. The van der Waals surface area contributed by atoms with E-state index < -0.39 is 23.9 Å². The lowest BCUT2D eigenvalue weighted by Crippen LogP contribution is -2.45. The maximum Gasteiger partial charge on any atom is 0.338 e. The fraction of sp³-hybridized carbons (Fsp3) is 0.364. The maximum absolute atomic E-state index is 12.2. The molecule has 1 aliphatic rings. The smallest absolute Gasteiger partial charge is 0.338 e. The molecule has 0 aromatic heterocycles. The number of hydrogen-bond donors (Lipinski definition) is 8. The Morgan fingerprint density at radius 2 is 0.484 bits per heavy atom. The monoisotopic (exact) mass is 892 g/mol. The molecule has 0 aliphatic carbocycles. The molecule has 0 amide bonds. The van der Waals surface area contributed by atoms with Gasteiger partial charge in [0.15, 0.2) is 0 Å². The molecule has 5 rings (SSSR count). The third-order valence-corrected chi connectivity index (χ3v) is 11.0. The minimum Gasteiger partial charge on any atom is -0.507 e. The lowest BCUT2D eigenvalue weighted by Gasteiger charge is -2.35. The van der Waals surface area contributed by atoms with Gasteiger partial charge in [-0.1, -0.05) is 0 Å². The van der Waals surface area contributed by atoms with Crippen LogP contribution in [0.5, 0.6) is 46.0 Å². The van der Waals surface area contributed by atoms with Gasteiger partial charge in [0.1, 0.15) is 46.0 Å². The number of esters is 4. The first-order valence-electron chi connectivity index (χ1n) is 19.9. The minimum absolute atomic E-state index is 0.0400. The summed E-state index contributed by atoms with van der Waals surface area (Å²) in [6, 6.07) is 9.41. The van der Waals surface area contributed by atoms with Crippen LogP contribution in [-0.2, 0) is 45.1 Å². The zero-order valence-corrected chi connectivity index (χ0v) is 35.7. The van der Waals surface area contributed by atoms with Gasteiger partial charge >= 0.3 is 23.9 Å². The van der Waals surface area contributed by atoms with Crippen molar-refractivity contribution in [3.63, 3.8) is 0 Å². The van der Waals surface area contributed by atoms with Crippen molar-refractivity contribution in [3.8, 4) is 46.0 Å². The van der Waals surface area contributed by atoms with Gasteiger partial charge in [0.2, 0.25) is 0 Å². The van der Waals surface area contributed by atoms with Crippen molar-refractivity contribution in [2.24, 2.45) is 0 Å². The summed E-state index contributed by atoms with van der Waals surface area (Å²) in [5.41, 5.74) is 0.103. The molecule has 1 aliphatic heterocycles. The highest BCUT2D eigenvalue weighted by atomic mass is 16.5. The van der Waals surface area contributed by atoms with Crippen molar-refractivity contribution in [1.82, 2.24) is 19.6 Å². The molecule has 0 radical (unpaired) electrons. The van der Waals surface area contributed by atoms with Crippen LogP contribution in [0, 0.1) is 0 Å². The van der Waals surface area contributed by atoms with Crippen LogP contribution in [0.1, 0.15) is 63.7 Å². The Kier molecular flexibility index (Phi) is 16.1.